The first-order valence-corrected chi connectivity index (χ1v) is 16.1. The van der Waals surface area contributed by atoms with Gasteiger partial charge in [-0.25, -0.2) is 9.78 Å². The number of nitrogens with zero attached hydrogens (tertiary/aromatic N) is 4. The van der Waals surface area contributed by atoms with Gasteiger partial charge in [0.1, 0.15) is 12.2 Å². The van der Waals surface area contributed by atoms with E-state index in [-0.39, 0.29) is 29.7 Å². The van der Waals surface area contributed by atoms with Crippen molar-refractivity contribution in [1.29, 1.82) is 0 Å². The van der Waals surface area contributed by atoms with Crippen molar-refractivity contribution in [1.82, 2.24) is 24.3 Å². The van der Waals surface area contributed by atoms with Crippen molar-refractivity contribution in [3.05, 3.63) is 96.8 Å². The lowest BCUT2D eigenvalue weighted by Crippen LogP contribution is -2.74. The largest absolute Gasteiger partial charge is 0.481 e. The zero-order valence-electron chi connectivity index (χ0n) is 27.1. The first-order chi connectivity index (χ1) is 23.0. The molecule has 2 amide bonds. The molecule has 0 saturated carbocycles. The van der Waals surface area contributed by atoms with Crippen LogP contribution in [0.2, 0.25) is 5.02 Å². The molecule has 1 aliphatic carbocycles. The van der Waals surface area contributed by atoms with Crippen molar-refractivity contribution in [3.63, 3.8) is 0 Å². The minimum Gasteiger partial charge on any atom is -0.481 e. The second kappa shape index (κ2) is 12.0. The van der Waals surface area contributed by atoms with E-state index in [1.54, 1.807) is 19.2 Å². The Kier molecular flexibility index (Phi) is 7.97. The van der Waals surface area contributed by atoms with Gasteiger partial charge in [0.2, 0.25) is 11.8 Å². The number of aromatic nitrogens is 3. The number of aryl methyl sites for hydroxylation is 2. The van der Waals surface area contributed by atoms with E-state index in [4.69, 9.17) is 26.1 Å². The molecule has 248 valence electrons. The van der Waals surface area contributed by atoms with E-state index < -0.39 is 17.2 Å². The molecule has 2 N–H and O–H groups in total. The number of amides is 2. The Bertz CT molecular complexity index is 2120. The maximum absolute atomic E-state index is 13.2. The molecule has 12 nitrogen and oxygen atoms in total. The van der Waals surface area contributed by atoms with Crippen LogP contribution in [0.1, 0.15) is 39.5 Å². The van der Waals surface area contributed by atoms with Gasteiger partial charge in [-0.05, 0) is 48.6 Å². The lowest BCUT2D eigenvalue weighted by atomic mass is 9.87. The number of carbonyl (C=O) groups is 2. The van der Waals surface area contributed by atoms with Crippen LogP contribution in [0.5, 0.6) is 5.88 Å². The molecule has 1 spiro atoms. The molecular weight excluding hydrogens is 636 g/mol. The van der Waals surface area contributed by atoms with E-state index in [2.05, 4.69) is 21.6 Å². The highest BCUT2D eigenvalue weighted by Crippen LogP contribution is 2.47. The summed E-state index contributed by atoms with van der Waals surface area (Å²) in [5.74, 6) is -0.137. The number of fused-ring (bicyclic) bond motifs is 1. The van der Waals surface area contributed by atoms with E-state index in [0.717, 1.165) is 50.8 Å². The molecule has 4 heterocycles. The van der Waals surface area contributed by atoms with Gasteiger partial charge >= 0.3 is 5.69 Å². The van der Waals surface area contributed by atoms with E-state index in [1.807, 2.05) is 31.2 Å². The summed E-state index contributed by atoms with van der Waals surface area (Å²) in [7, 11) is 4.45. The van der Waals surface area contributed by atoms with E-state index >= 15 is 0 Å². The number of morpholine rings is 1. The second-order valence-corrected chi connectivity index (χ2v) is 13.1. The van der Waals surface area contributed by atoms with Gasteiger partial charge in [-0.15, -0.1) is 0 Å². The molecule has 0 bridgehead atoms. The van der Waals surface area contributed by atoms with E-state index in [0.29, 0.717) is 42.0 Å². The Morgan fingerprint density at radius 2 is 1.83 bits per heavy atom. The zero-order valence-corrected chi connectivity index (χ0v) is 27.8. The molecule has 2 fully saturated rings. The number of rotatable bonds is 6. The fourth-order valence-corrected chi connectivity index (χ4v) is 7.55. The van der Waals surface area contributed by atoms with Crippen molar-refractivity contribution >= 4 is 29.1 Å². The van der Waals surface area contributed by atoms with Crippen LogP contribution in [-0.2, 0) is 30.0 Å². The number of hydrogen-bond acceptors (Lipinski definition) is 8. The summed E-state index contributed by atoms with van der Waals surface area (Å²) in [6, 6.07) is 13.4. The quantitative estimate of drug-likeness (QED) is 0.319. The van der Waals surface area contributed by atoms with Crippen LogP contribution in [0.4, 0.5) is 5.69 Å². The number of likely N-dealkylation sites (tertiary alicyclic amines) is 1. The molecule has 2 aromatic heterocycles. The molecule has 3 aliphatic rings. The monoisotopic (exact) mass is 670 g/mol. The van der Waals surface area contributed by atoms with Crippen LogP contribution in [0.3, 0.4) is 0 Å². The van der Waals surface area contributed by atoms with Crippen LogP contribution in [-0.4, -0.2) is 69.8 Å². The van der Waals surface area contributed by atoms with Crippen LogP contribution in [0.25, 0.3) is 22.4 Å². The molecule has 0 unspecified atom stereocenters. The van der Waals surface area contributed by atoms with Crippen molar-refractivity contribution < 1.29 is 19.1 Å². The summed E-state index contributed by atoms with van der Waals surface area (Å²) in [5.41, 5.74) is 4.79. The van der Waals surface area contributed by atoms with Gasteiger partial charge in [-0.3, -0.25) is 23.9 Å². The standard InChI is InChI=1S/C35H35ClN6O6/c1-19-21(7-6-10-25(19)37-31(44)24-14-40(2)34(46)41(3)33(24)45)22-8-5-9-23(30(22)36)26-13-20-11-12-27(29(20)32(38-26)47-4)42-16-35(17-42)18-48-15-28(43)39-35/h5-10,13-14,27H,11-12,15-18H2,1-4H3,(H,37,44)(H,39,43)/t27-/m0/s1. The highest BCUT2D eigenvalue weighted by molar-refractivity contribution is 6.36. The summed E-state index contributed by atoms with van der Waals surface area (Å²) < 4.78 is 13.5. The van der Waals surface area contributed by atoms with E-state index in [1.165, 1.54) is 24.9 Å². The number of benzene rings is 2. The lowest BCUT2D eigenvalue weighted by molar-refractivity contribution is -0.145. The Balaban J connectivity index is 1.17. The van der Waals surface area contributed by atoms with Gasteiger partial charge in [-0.1, -0.05) is 41.9 Å². The maximum atomic E-state index is 13.2. The van der Waals surface area contributed by atoms with Gasteiger partial charge in [0.05, 0.1) is 30.0 Å². The molecule has 2 saturated heterocycles. The van der Waals surface area contributed by atoms with Crippen molar-refractivity contribution in [2.45, 2.75) is 31.3 Å². The predicted molar refractivity (Wildman–Crippen MR) is 181 cm³/mol. The van der Waals surface area contributed by atoms with Crippen LogP contribution >= 0.6 is 11.6 Å². The van der Waals surface area contributed by atoms with Gasteiger partial charge in [0.25, 0.3) is 11.5 Å². The zero-order chi connectivity index (χ0) is 33.9. The third-order valence-corrected chi connectivity index (χ3v) is 10.0. The van der Waals surface area contributed by atoms with Gasteiger partial charge < -0.3 is 24.7 Å². The maximum Gasteiger partial charge on any atom is 0.330 e. The molecule has 4 aromatic rings. The first kappa shape index (κ1) is 31.8. The van der Waals surface area contributed by atoms with Crippen LogP contribution in [0.15, 0.2) is 58.3 Å². The normalized spacial score (nSPS) is 18.3. The Labute approximate surface area is 281 Å². The molecule has 48 heavy (non-hydrogen) atoms. The number of anilines is 1. The summed E-state index contributed by atoms with van der Waals surface area (Å²) in [6.07, 6.45) is 3.01. The molecule has 7 rings (SSSR count). The Morgan fingerprint density at radius 1 is 1.10 bits per heavy atom. The molecule has 1 atom stereocenters. The van der Waals surface area contributed by atoms with Crippen molar-refractivity contribution in [3.8, 4) is 28.3 Å². The van der Waals surface area contributed by atoms with Crippen LogP contribution < -0.4 is 26.6 Å². The molecule has 0 radical (unpaired) electrons. The number of pyridine rings is 1. The molecule has 13 heteroatoms. The molecule has 2 aliphatic heterocycles. The highest BCUT2D eigenvalue weighted by atomic mass is 35.5. The topological polar surface area (TPSA) is 137 Å². The van der Waals surface area contributed by atoms with Crippen molar-refractivity contribution in [2.75, 3.05) is 38.7 Å². The number of halogens is 1. The molecule has 2 aromatic carbocycles. The summed E-state index contributed by atoms with van der Waals surface area (Å²) in [4.78, 5) is 57.2. The summed E-state index contributed by atoms with van der Waals surface area (Å²) in [6.45, 7) is 3.92. The minimum absolute atomic E-state index is 0.0733. The third kappa shape index (κ3) is 5.29. The smallest absolute Gasteiger partial charge is 0.330 e. The van der Waals surface area contributed by atoms with Gasteiger partial charge in [0, 0.05) is 61.8 Å². The predicted octanol–water partition coefficient (Wildman–Crippen LogP) is 3.22. The third-order valence-electron chi connectivity index (χ3n) is 9.63. The Hall–Kier alpha value is -4.78. The number of ether oxygens (including phenoxy) is 2. The van der Waals surface area contributed by atoms with Gasteiger partial charge in [-0.2, -0.15) is 0 Å². The fraction of sp³-hybridized carbons (Fsp3) is 0.343. The molecular formula is C35H35ClN6O6. The Morgan fingerprint density at radius 3 is 2.58 bits per heavy atom. The number of nitrogens with one attached hydrogen (secondary N) is 2. The first-order valence-electron chi connectivity index (χ1n) is 15.7. The van der Waals surface area contributed by atoms with Gasteiger partial charge in [0.15, 0.2) is 0 Å². The summed E-state index contributed by atoms with van der Waals surface area (Å²) >= 11 is 7.13. The number of carbonyl (C=O) groups excluding carboxylic acids is 2. The minimum atomic E-state index is -0.676. The van der Waals surface area contributed by atoms with Crippen LogP contribution in [0, 0.1) is 6.92 Å². The number of hydrogen-bond donors (Lipinski definition) is 2. The number of methoxy groups -OCH3 is 1. The average Bonchev–Trinajstić information content (AvgIpc) is 3.49. The average molecular weight is 671 g/mol. The lowest BCUT2D eigenvalue weighted by Gasteiger charge is -2.54. The van der Waals surface area contributed by atoms with E-state index in [9.17, 15) is 19.2 Å². The summed E-state index contributed by atoms with van der Waals surface area (Å²) in [5, 5.41) is 6.44. The highest BCUT2D eigenvalue weighted by Gasteiger charge is 2.50. The SMILES string of the molecule is COc1nc(-c2cccc(-c3cccc(NC(=O)c4cn(C)c(=O)n(C)c4=O)c3C)c2Cl)cc2c1[C@@H](N1CC3(COCC(=O)N3)C1)CC2. The van der Waals surface area contributed by atoms with Crippen molar-refractivity contribution in [2.24, 2.45) is 14.1 Å². The second-order valence-electron chi connectivity index (χ2n) is 12.8. The fourth-order valence-electron chi connectivity index (χ4n) is 7.22.